The van der Waals surface area contributed by atoms with Crippen molar-refractivity contribution < 1.29 is 9.84 Å². The summed E-state index contributed by atoms with van der Waals surface area (Å²) >= 11 is 0. The van der Waals surface area contributed by atoms with E-state index in [1.54, 1.807) is 13.2 Å². The van der Waals surface area contributed by atoms with E-state index >= 15 is 0 Å². The number of methoxy groups -OCH3 is 1. The summed E-state index contributed by atoms with van der Waals surface area (Å²) in [5.74, 6) is 0.739. The van der Waals surface area contributed by atoms with Gasteiger partial charge in [-0.05, 0) is 23.3 Å². The van der Waals surface area contributed by atoms with Crippen LogP contribution < -0.4 is 4.74 Å². The average molecular weight is 338 g/mol. The van der Waals surface area contributed by atoms with Crippen molar-refractivity contribution in [2.75, 3.05) is 39.8 Å². The molecule has 1 N–H and O–H groups in total. The van der Waals surface area contributed by atoms with Gasteiger partial charge in [0.25, 0.3) is 0 Å². The molecule has 2 aromatic rings. The molecule has 25 heavy (non-hydrogen) atoms. The number of benzene rings is 2. The summed E-state index contributed by atoms with van der Waals surface area (Å²) in [6.07, 6.45) is 4.43. The molecule has 132 valence electrons. The minimum absolute atomic E-state index is 0.213. The molecule has 3 rings (SSSR count). The molecule has 1 aliphatic heterocycles. The van der Waals surface area contributed by atoms with Gasteiger partial charge in [-0.15, -0.1) is 0 Å². The van der Waals surface area contributed by atoms with E-state index in [1.807, 2.05) is 18.2 Å². The second kappa shape index (κ2) is 8.70. The Bertz CT molecular complexity index is 692. The largest absolute Gasteiger partial charge is 0.504 e. The van der Waals surface area contributed by atoms with Crippen LogP contribution in [0.25, 0.3) is 6.08 Å². The molecule has 0 amide bonds. The van der Waals surface area contributed by atoms with Crippen molar-refractivity contribution in [3.05, 3.63) is 65.7 Å². The lowest BCUT2D eigenvalue weighted by molar-refractivity contribution is 0.137. The summed E-state index contributed by atoms with van der Waals surface area (Å²) in [6.45, 7) is 6.10. The molecular formula is C21H26N2O2. The van der Waals surface area contributed by atoms with E-state index in [0.29, 0.717) is 5.75 Å². The van der Waals surface area contributed by atoms with E-state index in [0.717, 1.165) is 44.8 Å². The van der Waals surface area contributed by atoms with Crippen molar-refractivity contribution in [3.63, 3.8) is 0 Å². The SMILES string of the molecule is COc1ccc(CN2CCN(C/C=C\c3ccccc3)CC2)cc1O. The first-order valence-electron chi connectivity index (χ1n) is 8.77. The van der Waals surface area contributed by atoms with Crippen molar-refractivity contribution in [2.24, 2.45) is 0 Å². The molecule has 4 nitrogen and oxygen atoms in total. The monoisotopic (exact) mass is 338 g/mol. The van der Waals surface area contributed by atoms with E-state index < -0.39 is 0 Å². The minimum Gasteiger partial charge on any atom is -0.504 e. The quantitative estimate of drug-likeness (QED) is 0.877. The number of aromatic hydroxyl groups is 1. The van der Waals surface area contributed by atoms with Gasteiger partial charge in [-0.3, -0.25) is 9.80 Å². The summed E-state index contributed by atoms with van der Waals surface area (Å²) in [7, 11) is 1.57. The number of phenolic OH excluding ortho intramolecular Hbond substituents is 1. The van der Waals surface area contributed by atoms with Crippen LogP contribution in [0.1, 0.15) is 11.1 Å². The summed E-state index contributed by atoms with van der Waals surface area (Å²) in [4.78, 5) is 4.90. The standard InChI is InChI=1S/C21H26N2O2/c1-25-21-10-9-19(16-20(21)24)17-23-14-12-22(13-15-23)11-5-8-18-6-3-2-4-7-18/h2-10,16,24H,11-15,17H2,1H3/b8-5-. The molecule has 0 aromatic heterocycles. The van der Waals surface area contributed by atoms with Crippen LogP contribution in [0.5, 0.6) is 11.5 Å². The van der Waals surface area contributed by atoms with Crippen LogP contribution >= 0.6 is 0 Å². The van der Waals surface area contributed by atoms with E-state index in [1.165, 1.54) is 5.56 Å². The van der Waals surface area contributed by atoms with Crippen molar-refractivity contribution in [1.29, 1.82) is 0 Å². The molecule has 1 fully saturated rings. The molecule has 1 aliphatic rings. The smallest absolute Gasteiger partial charge is 0.160 e. The fourth-order valence-corrected chi connectivity index (χ4v) is 3.12. The molecule has 4 heteroatoms. The van der Waals surface area contributed by atoms with Crippen LogP contribution in [-0.4, -0.2) is 54.7 Å². The fourth-order valence-electron chi connectivity index (χ4n) is 3.12. The fraction of sp³-hybridized carbons (Fsp3) is 0.333. The molecule has 1 saturated heterocycles. The summed E-state index contributed by atoms with van der Waals surface area (Å²) < 4.78 is 5.10. The van der Waals surface area contributed by atoms with Crippen LogP contribution in [0.15, 0.2) is 54.6 Å². The molecule has 0 atom stereocenters. The highest BCUT2D eigenvalue weighted by atomic mass is 16.5. The maximum atomic E-state index is 9.89. The highest BCUT2D eigenvalue weighted by Crippen LogP contribution is 2.26. The summed E-state index contributed by atoms with van der Waals surface area (Å²) in [5.41, 5.74) is 2.37. The first-order chi connectivity index (χ1) is 12.2. The third-order valence-electron chi connectivity index (χ3n) is 4.59. The number of phenols is 1. The van der Waals surface area contributed by atoms with E-state index in [-0.39, 0.29) is 5.75 Å². The van der Waals surface area contributed by atoms with Gasteiger partial charge in [0.1, 0.15) is 0 Å². The van der Waals surface area contributed by atoms with E-state index in [4.69, 9.17) is 4.74 Å². The van der Waals surface area contributed by atoms with Gasteiger partial charge in [-0.2, -0.15) is 0 Å². The molecule has 0 saturated carbocycles. The zero-order valence-electron chi connectivity index (χ0n) is 14.8. The lowest BCUT2D eigenvalue weighted by Gasteiger charge is -2.34. The van der Waals surface area contributed by atoms with Gasteiger partial charge < -0.3 is 9.84 Å². The Balaban J connectivity index is 1.44. The Morgan fingerprint density at radius 2 is 1.72 bits per heavy atom. The number of ether oxygens (including phenoxy) is 1. The van der Waals surface area contributed by atoms with Gasteiger partial charge >= 0.3 is 0 Å². The number of nitrogens with zero attached hydrogens (tertiary/aromatic N) is 2. The molecular weight excluding hydrogens is 312 g/mol. The first-order valence-corrected chi connectivity index (χ1v) is 8.77. The average Bonchev–Trinajstić information content (AvgIpc) is 2.64. The summed E-state index contributed by atoms with van der Waals surface area (Å²) in [5, 5.41) is 9.89. The summed E-state index contributed by atoms with van der Waals surface area (Å²) in [6, 6.07) is 16.1. The van der Waals surface area contributed by atoms with Crippen molar-refractivity contribution in [2.45, 2.75) is 6.54 Å². The Hall–Kier alpha value is -2.30. The van der Waals surface area contributed by atoms with Crippen molar-refractivity contribution in [1.82, 2.24) is 9.80 Å². The molecule has 0 radical (unpaired) electrons. The van der Waals surface area contributed by atoms with Gasteiger partial charge in [0.2, 0.25) is 0 Å². The van der Waals surface area contributed by atoms with E-state index in [9.17, 15) is 5.11 Å². The van der Waals surface area contributed by atoms with Crippen LogP contribution in [0.2, 0.25) is 0 Å². The zero-order valence-corrected chi connectivity index (χ0v) is 14.8. The normalized spacial score (nSPS) is 16.4. The molecule has 0 bridgehead atoms. The van der Waals surface area contributed by atoms with Crippen molar-refractivity contribution in [3.8, 4) is 11.5 Å². The van der Waals surface area contributed by atoms with Gasteiger partial charge in [-0.25, -0.2) is 0 Å². The Morgan fingerprint density at radius 1 is 1.00 bits per heavy atom. The van der Waals surface area contributed by atoms with Gasteiger partial charge in [-0.1, -0.05) is 48.6 Å². The highest BCUT2D eigenvalue weighted by Gasteiger charge is 2.16. The topological polar surface area (TPSA) is 35.9 Å². The number of piperazine rings is 1. The van der Waals surface area contributed by atoms with Crippen molar-refractivity contribution >= 4 is 6.08 Å². The Kier molecular flexibility index (Phi) is 6.09. The predicted molar refractivity (Wildman–Crippen MR) is 102 cm³/mol. The Morgan fingerprint density at radius 3 is 2.40 bits per heavy atom. The lowest BCUT2D eigenvalue weighted by Crippen LogP contribution is -2.45. The number of hydrogen-bond donors (Lipinski definition) is 1. The zero-order chi connectivity index (χ0) is 17.5. The van der Waals surface area contributed by atoms with Gasteiger partial charge in [0.05, 0.1) is 7.11 Å². The molecule has 0 unspecified atom stereocenters. The Labute approximate surface area is 150 Å². The van der Waals surface area contributed by atoms with E-state index in [2.05, 4.69) is 46.2 Å². The number of hydrogen-bond acceptors (Lipinski definition) is 4. The molecule has 0 spiro atoms. The maximum Gasteiger partial charge on any atom is 0.160 e. The predicted octanol–water partition coefficient (Wildman–Crippen LogP) is 3.23. The molecule has 1 heterocycles. The lowest BCUT2D eigenvalue weighted by atomic mass is 10.1. The maximum absolute atomic E-state index is 9.89. The third-order valence-corrected chi connectivity index (χ3v) is 4.59. The van der Waals surface area contributed by atoms with Crippen LogP contribution in [0.3, 0.4) is 0 Å². The molecule has 0 aliphatic carbocycles. The minimum atomic E-state index is 0.213. The molecule has 2 aromatic carbocycles. The van der Waals surface area contributed by atoms with Gasteiger partial charge in [0.15, 0.2) is 11.5 Å². The third kappa shape index (κ3) is 5.08. The highest BCUT2D eigenvalue weighted by molar-refractivity contribution is 5.48. The number of rotatable bonds is 6. The van der Waals surface area contributed by atoms with Crippen LogP contribution in [-0.2, 0) is 6.54 Å². The van der Waals surface area contributed by atoms with Gasteiger partial charge in [0, 0.05) is 39.3 Å². The van der Waals surface area contributed by atoms with Crippen LogP contribution in [0, 0.1) is 0 Å². The second-order valence-electron chi connectivity index (χ2n) is 6.40. The first kappa shape index (κ1) is 17.5. The second-order valence-corrected chi connectivity index (χ2v) is 6.40. The van der Waals surface area contributed by atoms with Crippen LogP contribution in [0.4, 0.5) is 0 Å².